The molecule has 0 saturated heterocycles. The molecule has 4 aromatic rings. The van der Waals surface area contributed by atoms with Gasteiger partial charge in [-0.3, -0.25) is 9.36 Å². The highest BCUT2D eigenvalue weighted by Crippen LogP contribution is 2.25. The number of aliphatic hydroxyl groups is 1. The summed E-state index contributed by atoms with van der Waals surface area (Å²) in [5.74, 6) is 0.669. The summed E-state index contributed by atoms with van der Waals surface area (Å²) in [4.78, 5) is 9.00. The molecule has 0 saturated carbocycles. The highest BCUT2D eigenvalue weighted by molar-refractivity contribution is 5.70. The summed E-state index contributed by atoms with van der Waals surface area (Å²) in [5.41, 5.74) is 4.90. The van der Waals surface area contributed by atoms with Gasteiger partial charge in [0, 0.05) is 54.1 Å². The smallest absolute Gasteiger partial charge is 0.159 e. The van der Waals surface area contributed by atoms with Gasteiger partial charge in [0.25, 0.3) is 0 Å². The third-order valence-electron chi connectivity index (χ3n) is 4.11. The Morgan fingerprint density at radius 2 is 1.58 bits per heavy atom. The molecular weight excluding hydrogens is 328 g/mol. The highest BCUT2D eigenvalue weighted by Gasteiger charge is 2.07. The number of benzene rings is 1. The van der Waals surface area contributed by atoms with Crippen LogP contribution in [0.2, 0.25) is 0 Å². The van der Waals surface area contributed by atoms with E-state index in [1.54, 1.807) is 28.0 Å². The molecule has 26 heavy (non-hydrogen) atoms. The van der Waals surface area contributed by atoms with Crippen molar-refractivity contribution in [2.45, 2.75) is 6.54 Å². The number of aromatic nitrogens is 6. The Hall–Kier alpha value is -3.32. The minimum absolute atomic E-state index is 0.0594. The van der Waals surface area contributed by atoms with Gasteiger partial charge >= 0.3 is 0 Å². The topological polar surface area (TPSA) is 81.7 Å². The van der Waals surface area contributed by atoms with Crippen molar-refractivity contribution in [3.05, 3.63) is 61.4 Å². The van der Waals surface area contributed by atoms with Crippen molar-refractivity contribution in [2.75, 3.05) is 6.61 Å². The van der Waals surface area contributed by atoms with E-state index in [2.05, 4.69) is 26.2 Å². The zero-order valence-electron chi connectivity index (χ0n) is 14.3. The number of aryl methyl sites for hydroxylation is 1. The lowest BCUT2D eigenvalue weighted by molar-refractivity contribution is 0.269. The standard InChI is InChI=1S/C19H18N6O/c1-24-12-17(10-22-24)14-3-2-4-15(7-14)19-20-8-16(9-21-19)18-11-23-25(13-18)5-6-26/h2-4,7-13,26H,5-6H2,1H3. The molecule has 0 amide bonds. The van der Waals surface area contributed by atoms with Gasteiger partial charge in [-0.15, -0.1) is 0 Å². The lowest BCUT2D eigenvalue weighted by atomic mass is 10.1. The van der Waals surface area contributed by atoms with Crippen LogP contribution in [0.15, 0.2) is 61.4 Å². The summed E-state index contributed by atoms with van der Waals surface area (Å²) >= 11 is 0. The molecule has 1 aromatic carbocycles. The predicted octanol–water partition coefficient (Wildman–Crippen LogP) is 2.40. The van der Waals surface area contributed by atoms with Gasteiger partial charge in [-0.05, 0) is 11.6 Å². The zero-order chi connectivity index (χ0) is 17.9. The maximum Gasteiger partial charge on any atom is 0.159 e. The van der Waals surface area contributed by atoms with Gasteiger partial charge in [0.2, 0.25) is 0 Å². The Labute approximate surface area is 150 Å². The number of rotatable bonds is 5. The molecule has 0 spiro atoms. The Balaban J connectivity index is 1.60. The van der Waals surface area contributed by atoms with Crippen LogP contribution >= 0.6 is 0 Å². The van der Waals surface area contributed by atoms with E-state index < -0.39 is 0 Å². The fraction of sp³-hybridized carbons (Fsp3) is 0.158. The molecule has 0 radical (unpaired) electrons. The van der Waals surface area contributed by atoms with Crippen molar-refractivity contribution in [1.29, 1.82) is 0 Å². The first kappa shape index (κ1) is 16.2. The Kier molecular flexibility index (Phi) is 4.28. The first-order valence-electron chi connectivity index (χ1n) is 8.28. The second kappa shape index (κ2) is 6.89. The molecule has 4 rings (SSSR count). The summed E-state index contributed by atoms with van der Waals surface area (Å²) in [5, 5.41) is 17.4. The minimum Gasteiger partial charge on any atom is -0.394 e. The minimum atomic E-state index is 0.0594. The fourth-order valence-electron chi connectivity index (χ4n) is 2.77. The molecule has 0 unspecified atom stereocenters. The number of hydrogen-bond acceptors (Lipinski definition) is 5. The molecule has 0 aliphatic heterocycles. The van der Waals surface area contributed by atoms with Crippen LogP contribution in [0.3, 0.4) is 0 Å². The van der Waals surface area contributed by atoms with Crippen LogP contribution < -0.4 is 0 Å². The van der Waals surface area contributed by atoms with Gasteiger partial charge in [-0.2, -0.15) is 10.2 Å². The van der Waals surface area contributed by atoms with E-state index in [4.69, 9.17) is 5.11 Å². The van der Waals surface area contributed by atoms with E-state index in [0.29, 0.717) is 12.4 Å². The first-order valence-corrected chi connectivity index (χ1v) is 8.28. The van der Waals surface area contributed by atoms with E-state index in [1.807, 2.05) is 43.8 Å². The van der Waals surface area contributed by atoms with Crippen LogP contribution in [0.1, 0.15) is 0 Å². The monoisotopic (exact) mass is 346 g/mol. The second-order valence-corrected chi connectivity index (χ2v) is 5.99. The molecular formula is C19H18N6O. The molecule has 0 atom stereocenters. The summed E-state index contributed by atoms with van der Waals surface area (Å²) < 4.78 is 3.48. The van der Waals surface area contributed by atoms with Crippen LogP contribution in [0.4, 0.5) is 0 Å². The lowest BCUT2D eigenvalue weighted by Crippen LogP contribution is -2.01. The Morgan fingerprint density at radius 1 is 0.846 bits per heavy atom. The van der Waals surface area contributed by atoms with Crippen molar-refractivity contribution in [3.8, 4) is 33.6 Å². The lowest BCUT2D eigenvalue weighted by Gasteiger charge is -2.04. The fourth-order valence-corrected chi connectivity index (χ4v) is 2.77. The predicted molar refractivity (Wildman–Crippen MR) is 98.0 cm³/mol. The summed E-state index contributed by atoms with van der Waals surface area (Å²) in [7, 11) is 1.90. The number of hydrogen-bond donors (Lipinski definition) is 1. The van der Waals surface area contributed by atoms with Gasteiger partial charge in [-0.1, -0.05) is 18.2 Å². The quantitative estimate of drug-likeness (QED) is 0.600. The van der Waals surface area contributed by atoms with E-state index >= 15 is 0 Å². The van der Waals surface area contributed by atoms with Crippen LogP contribution in [-0.4, -0.2) is 41.2 Å². The Bertz CT molecular complexity index is 1020. The van der Waals surface area contributed by atoms with Gasteiger partial charge in [-0.25, -0.2) is 9.97 Å². The second-order valence-electron chi connectivity index (χ2n) is 5.99. The summed E-state index contributed by atoms with van der Waals surface area (Å²) in [6.45, 7) is 0.532. The molecule has 130 valence electrons. The van der Waals surface area contributed by atoms with Gasteiger partial charge in [0.15, 0.2) is 5.82 Å². The molecule has 0 fully saturated rings. The van der Waals surface area contributed by atoms with Crippen molar-refractivity contribution in [2.24, 2.45) is 7.05 Å². The molecule has 1 N–H and O–H groups in total. The Morgan fingerprint density at radius 3 is 2.31 bits per heavy atom. The summed E-state index contributed by atoms with van der Waals surface area (Å²) in [6, 6.07) is 8.09. The van der Waals surface area contributed by atoms with Gasteiger partial charge in [0.1, 0.15) is 0 Å². The normalized spacial score (nSPS) is 11.0. The molecule has 3 heterocycles. The average molecular weight is 346 g/mol. The SMILES string of the molecule is Cn1cc(-c2cccc(-c3ncc(-c4cnn(CCO)c4)cn3)c2)cn1. The van der Waals surface area contributed by atoms with Crippen molar-refractivity contribution < 1.29 is 5.11 Å². The average Bonchev–Trinajstić information content (AvgIpc) is 3.32. The van der Waals surface area contributed by atoms with E-state index in [0.717, 1.165) is 27.8 Å². The first-order chi connectivity index (χ1) is 12.7. The third kappa shape index (κ3) is 3.25. The maximum atomic E-state index is 8.98. The van der Waals surface area contributed by atoms with Gasteiger partial charge < -0.3 is 5.11 Å². The van der Waals surface area contributed by atoms with Crippen molar-refractivity contribution in [3.63, 3.8) is 0 Å². The molecule has 0 bridgehead atoms. The summed E-state index contributed by atoms with van der Waals surface area (Å²) in [6.07, 6.45) is 11.0. The van der Waals surface area contributed by atoms with E-state index in [9.17, 15) is 0 Å². The molecule has 3 aromatic heterocycles. The molecule has 7 nitrogen and oxygen atoms in total. The molecule has 7 heteroatoms. The zero-order valence-corrected chi connectivity index (χ0v) is 14.3. The highest BCUT2D eigenvalue weighted by atomic mass is 16.3. The van der Waals surface area contributed by atoms with Gasteiger partial charge in [0.05, 0.1) is 25.5 Å². The number of aliphatic hydroxyl groups excluding tert-OH is 1. The maximum absolute atomic E-state index is 8.98. The van der Waals surface area contributed by atoms with Crippen LogP contribution in [0.25, 0.3) is 33.6 Å². The molecule has 0 aliphatic rings. The molecule has 0 aliphatic carbocycles. The number of nitrogens with zero attached hydrogens (tertiary/aromatic N) is 6. The van der Waals surface area contributed by atoms with E-state index in [1.165, 1.54) is 0 Å². The van der Waals surface area contributed by atoms with E-state index in [-0.39, 0.29) is 6.61 Å². The largest absolute Gasteiger partial charge is 0.394 e. The third-order valence-corrected chi connectivity index (χ3v) is 4.11. The van der Waals surface area contributed by atoms with Crippen molar-refractivity contribution in [1.82, 2.24) is 29.5 Å². The van der Waals surface area contributed by atoms with Crippen LogP contribution in [0, 0.1) is 0 Å². The van der Waals surface area contributed by atoms with Crippen LogP contribution in [-0.2, 0) is 13.6 Å². The van der Waals surface area contributed by atoms with Crippen LogP contribution in [0.5, 0.6) is 0 Å². The van der Waals surface area contributed by atoms with Crippen molar-refractivity contribution >= 4 is 0 Å².